The minimum Gasteiger partial charge on any atom is -0.162 e. The highest BCUT2D eigenvalue weighted by Crippen LogP contribution is 2.32. The number of thioether (sulfide) groups is 1. The van der Waals surface area contributed by atoms with Gasteiger partial charge in [-0.1, -0.05) is 19.8 Å². The molecular weight excluding hydrogens is 200 g/mol. The lowest BCUT2D eigenvalue weighted by Crippen LogP contribution is -2.11. The van der Waals surface area contributed by atoms with Crippen LogP contribution in [0, 0.1) is 5.92 Å². The second kappa shape index (κ2) is 7.00. The highest BCUT2D eigenvalue weighted by Gasteiger charge is 2.22. The molecular formula is C11H21ClS. The third kappa shape index (κ3) is 4.60. The first-order valence-corrected chi connectivity index (χ1v) is 7.15. The van der Waals surface area contributed by atoms with Gasteiger partial charge in [0.05, 0.1) is 0 Å². The Morgan fingerprint density at radius 2 is 2.08 bits per heavy atom. The molecule has 0 spiro atoms. The first-order chi connectivity index (χ1) is 6.34. The second-order valence-electron chi connectivity index (χ2n) is 3.90. The van der Waals surface area contributed by atoms with Crippen LogP contribution in [-0.2, 0) is 0 Å². The van der Waals surface area contributed by atoms with Gasteiger partial charge in [0.15, 0.2) is 0 Å². The third-order valence-electron chi connectivity index (χ3n) is 2.88. The topological polar surface area (TPSA) is 0 Å². The van der Waals surface area contributed by atoms with Gasteiger partial charge in [0, 0.05) is 5.38 Å². The SMILES string of the molecule is CCSCCCC(Cl)C1CCCC1. The molecule has 0 saturated heterocycles. The van der Waals surface area contributed by atoms with E-state index in [1.807, 2.05) is 11.8 Å². The summed E-state index contributed by atoms with van der Waals surface area (Å²) in [5.74, 6) is 3.39. The summed E-state index contributed by atoms with van der Waals surface area (Å²) >= 11 is 8.39. The van der Waals surface area contributed by atoms with E-state index in [1.54, 1.807) is 0 Å². The molecule has 2 heteroatoms. The van der Waals surface area contributed by atoms with Crippen LogP contribution in [0.4, 0.5) is 0 Å². The van der Waals surface area contributed by atoms with Crippen LogP contribution in [0.5, 0.6) is 0 Å². The van der Waals surface area contributed by atoms with Crippen LogP contribution in [0.15, 0.2) is 0 Å². The van der Waals surface area contributed by atoms with E-state index in [1.165, 1.54) is 50.0 Å². The number of rotatable bonds is 6. The molecule has 0 heterocycles. The maximum absolute atomic E-state index is 6.36. The van der Waals surface area contributed by atoms with E-state index in [4.69, 9.17) is 11.6 Å². The van der Waals surface area contributed by atoms with Gasteiger partial charge in [0.1, 0.15) is 0 Å². The van der Waals surface area contributed by atoms with E-state index in [-0.39, 0.29) is 0 Å². The molecule has 1 atom stereocenters. The Labute approximate surface area is 91.8 Å². The van der Waals surface area contributed by atoms with E-state index >= 15 is 0 Å². The van der Waals surface area contributed by atoms with Crippen molar-refractivity contribution in [3.8, 4) is 0 Å². The monoisotopic (exact) mass is 220 g/mol. The molecule has 1 saturated carbocycles. The van der Waals surface area contributed by atoms with Gasteiger partial charge in [-0.05, 0) is 43.1 Å². The normalized spacial score (nSPS) is 20.8. The van der Waals surface area contributed by atoms with Gasteiger partial charge in [-0.3, -0.25) is 0 Å². The van der Waals surface area contributed by atoms with Gasteiger partial charge in [0.25, 0.3) is 0 Å². The summed E-state index contributed by atoms with van der Waals surface area (Å²) in [4.78, 5) is 0. The van der Waals surface area contributed by atoms with Crippen molar-refractivity contribution in [1.82, 2.24) is 0 Å². The standard InChI is InChI=1S/C11H21ClS/c1-2-13-9-5-8-11(12)10-6-3-4-7-10/h10-11H,2-9H2,1H3. The summed E-state index contributed by atoms with van der Waals surface area (Å²) < 4.78 is 0. The van der Waals surface area contributed by atoms with Crippen LogP contribution in [-0.4, -0.2) is 16.9 Å². The molecule has 78 valence electrons. The van der Waals surface area contributed by atoms with Crippen molar-refractivity contribution < 1.29 is 0 Å². The largest absolute Gasteiger partial charge is 0.162 e. The Hall–Kier alpha value is 0.640. The number of hydrogen-bond donors (Lipinski definition) is 0. The molecule has 1 aliphatic carbocycles. The fourth-order valence-corrected chi connectivity index (χ4v) is 3.15. The lowest BCUT2D eigenvalue weighted by molar-refractivity contribution is 0.490. The Kier molecular flexibility index (Phi) is 6.31. The summed E-state index contributed by atoms with van der Waals surface area (Å²) in [7, 11) is 0. The molecule has 0 aromatic rings. The average molecular weight is 221 g/mol. The number of alkyl halides is 1. The molecule has 1 aliphatic rings. The summed E-state index contributed by atoms with van der Waals surface area (Å²) in [6.45, 7) is 2.22. The molecule has 0 aromatic heterocycles. The molecule has 0 nitrogen and oxygen atoms in total. The number of halogens is 1. The van der Waals surface area contributed by atoms with Gasteiger partial charge in [-0.2, -0.15) is 11.8 Å². The van der Waals surface area contributed by atoms with Crippen LogP contribution in [0.1, 0.15) is 45.4 Å². The van der Waals surface area contributed by atoms with Crippen LogP contribution in [0.2, 0.25) is 0 Å². The highest BCUT2D eigenvalue weighted by molar-refractivity contribution is 7.99. The average Bonchev–Trinajstić information content (AvgIpc) is 2.65. The van der Waals surface area contributed by atoms with Gasteiger partial charge in [-0.25, -0.2) is 0 Å². The minimum absolute atomic E-state index is 0.472. The second-order valence-corrected chi connectivity index (χ2v) is 5.85. The van der Waals surface area contributed by atoms with Crippen molar-refractivity contribution in [3.05, 3.63) is 0 Å². The molecule has 0 aliphatic heterocycles. The maximum Gasteiger partial charge on any atom is 0.0364 e. The van der Waals surface area contributed by atoms with E-state index in [9.17, 15) is 0 Å². The Morgan fingerprint density at radius 1 is 1.38 bits per heavy atom. The highest BCUT2D eigenvalue weighted by atomic mass is 35.5. The van der Waals surface area contributed by atoms with Crippen LogP contribution in [0.25, 0.3) is 0 Å². The van der Waals surface area contributed by atoms with Crippen molar-refractivity contribution in [2.45, 2.75) is 50.8 Å². The first kappa shape index (κ1) is 11.7. The minimum atomic E-state index is 0.472. The van der Waals surface area contributed by atoms with Gasteiger partial charge >= 0.3 is 0 Å². The van der Waals surface area contributed by atoms with Crippen molar-refractivity contribution in [1.29, 1.82) is 0 Å². The molecule has 0 amide bonds. The quantitative estimate of drug-likeness (QED) is 0.475. The zero-order valence-electron chi connectivity index (χ0n) is 8.60. The molecule has 0 bridgehead atoms. The summed E-state index contributed by atoms with van der Waals surface area (Å²) in [6.07, 6.45) is 8.14. The summed E-state index contributed by atoms with van der Waals surface area (Å²) in [5.41, 5.74) is 0. The van der Waals surface area contributed by atoms with Crippen molar-refractivity contribution in [2.24, 2.45) is 5.92 Å². The molecule has 1 rings (SSSR count). The van der Waals surface area contributed by atoms with E-state index in [2.05, 4.69) is 6.92 Å². The Bertz CT molecular complexity index is 121. The van der Waals surface area contributed by atoms with E-state index < -0.39 is 0 Å². The van der Waals surface area contributed by atoms with Crippen molar-refractivity contribution >= 4 is 23.4 Å². The van der Waals surface area contributed by atoms with Crippen LogP contribution >= 0.6 is 23.4 Å². The molecule has 13 heavy (non-hydrogen) atoms. The van der Waals surface area contributed by atoms with Gasteiger partial charge in [0.2, 0.25) is 0 Å². The summed E-state index contributed by atoms with van der Waals surface area (Å²) in [5, 5.41) is 0.472. The van der Waals surface area contributed by atoms with Crippen molar-refractivity contribution in [3.63, 3.8) is 0 Å². The predicted octanol–water partition coefficient (Wildman–Crippen LogP) is 4.32. The summed E-state index contributed by atoms with van der Waals surface area (Å²) in [6, 6.07) is 0. The fourth-order valence-electron chi connectivity index (χ4n) is 2.08. The molecule has 0 radical (unpaired) electrons. The fraction of sp³-hybridized carbons (Fsp3) is 1.00. The Balaban J connectivity index is 1.99. The van der Waals surface area contributed by atoms with Crippen LogP contribution < -0.4 is 0 Å². The zero-order chi connectivity index (χ0) is 9.52. The number of hydrogen-bond acceptors (Lipinski definition) is 1. The molecule has 0 aromatic carbocycles. The van der Waals surface area contributed by atoms with Crippen molar-refractivity contribution in [2.75, 3.05) is 11.5 Å². The lowest BCUT2D eigenvalue weighted by Gasteiger charge is -2.15. The predicted molar refractivity (Wildman–Crippen MR) is 63.8 cm³/mol. The van der Waals surface area contributed by atoms with Crippen LogP contribution in [0.3, 0.4) is 0 Å². The molecule has 1 fully saturated rings. The zero-order valence-corrected chi connectivity index (χ0v) is 10.2. The molecule has 0 N–H and O–H groups in total. The smallest absolute Gasteiger partial charge is 0.0364 e. The third-order valence-corrected chi connectivity index (χ3v) is 4.44. The van der Waals surface area contributed by atoms with Gasteiger partial charge < -0.3 is 0 Å². The lowest BCUT2D eigenvalue weighted by atomic mass is 10.0. The van der Waals surface area contributed by atoms with E-state index in [0.29, 0.717) is 5.38 Å². The molecule has 1 unspecified atom stereocenters. The van der Waals surface area contributed by atoms with Gasteiger partial charge in [-0.15, -0.1) is 11.6 Å². The first-order valence-electron chi connectivity index (χ1n) is 5.56. The maximum atomic E-state index is 6.36. The Morgan fingerprint density at radius 3 is 2.69 bits per heavy atom. The van der Waals surface area contributed by atoms with E-state index in [0.717, 1.165) is 5.92 Å².